The molecule has 0 atom stereocenters. The average molecular weight is 415 g/mol. The molecule has 10 nitrogen and oxygen atoms in total. The SMILES string of the molecule is N#Cc1ccc(/C=N/Nc2ccc([N+](=O)[O-])cc2S(=O)(=O)N2CCOCC2)cc1. The molecule has 0 saturated carbocycles. The fourth-order valence-electron chi connectivity index (χ4n) is 2.68. The summed E-state index contributed by atoms with van der Waals surface area (Å²) in [5.41, 5.74) is 3.62. The molecule has 1 saturated heterocycles. The Hall–Kier alpha value is -3.33. The molecule has 0 amide bonds. The third-order valence-corrected chi connectivity index (χ3v) is 6.14. The molecular formula is C18H17N5O5S. The number of nitro groups is 1. The Morgan fingerprint density at radius 1 is 1.21 bits per heavy atom. The number of nitro benzene ring substituents is 1. The van der Waals surface area contributed by atoms with Gasteiger partial charge in [-0.1, -0.05) is 12.1 Å². The van der Waals surface area contributed by atoms with Crippen molar-refractivity contribution < 1.29 is 18.1 Å². The summed E-state index contributed by atoms with van der Waals surface area (Å²) in [5, 5.41) is 24.0. The van der Waals surface area contributed by atoms with E-state index in [1.807, 2.05) is 6.07 Å². The fourth-order valence-corrected chi connectivity index (χ4v) is 4.25. The summed E-state index contributed by atoms with van der Waals surface area (Å²) >= 11 is 0. The highest BCUT2D eigenvalue weighted by Gasteiger charge is 2.30. The van der Waals surface area contributed by atoms with Gasteiger partial charge in [0.1, 0.15) is 4.90 Å². The predicted molar refractivity (Wildman–Crippen MR) is 105 cm³/mol. The van der Waals surface area contributed by atoms with Gasteiger partial charge in [-0.3, -0.25) is 15.5 Å². The lowest BCUT2D eigenvalue weighted by atomic mass is 10.2. The molecule has 1 aliphatic rings. The van der Waals surface area contributed by atoms with Crippen molar-refractivity contribution in [3.63, 3.8) is 0 Å². The van der Waals surface area contributed by atoms with Crippen LogP contribution in [0.4, 0.5) is 11.4 Å². The molecule has 29 heavy (non-hydrogen) atoms. The van der Waals surface area contributed by atoms with Crippen LogP contribution in [0.5, 0.6) is 0 Å². The van der Waals surface area contributed by atoms with Crippen molar-refractivity contribution in [1.82, 2.24) is 4.31 Å². The number of sulfonamides is 1. The predicted octanol–water partition coefficient (Wildman–Crippen LogP) is 1.93. The molecule has 0 aromatic heterocycles. The summed E-state index contributed by atoms with van der Waals surface area (Å²) in [6, 6.07) is 12.2. The minimum Gasteiger partial charge on any atom is -0.379 e. The van der Waals surface area contributed by atoms with Gasteiger partial charge in [-0.15, -0.1) is 0 Å². The number of hydrogen-bond donors (Lipinski definition) is 1. The zero-order chi connectivity index (χ0) is 20.9. The standard InChI is InChI=1S/C18H17N5O5S/c19-12-14-1-3-15(4-2-14)13-20-21-17-6-5-16(23(24)25)11-18(17)29(26,27)22-7-9-28-10-8-22/h1-6,11,13,21H,7-10H2/b20-13+. The van der Waals surface area contributed by atoms with Gasteiger partial charge >= 0.3 is 0 Å². The number of nitrogens with one attached hydrogen (secondary N) is 1. The molecule has 0 bridgehead atoms. The minimum atomic E-state index is -3.98. The first-order chi connectivity index (χ1) is 13.9. The first-order valence-corrected chi connectivity index (χ1v) is 10.0. The maximum absolute atomic E-state index is 13.0. The van der Waals surface area contributed by atoms with E-state index in [9.17, 15) is 18.5 Å². The maximum Gasteiger partial charge on any atom is 0.270 e. The number of anilines is 1. The number of hydrazone groups is 1. The second-order valence-electron chi connectivity index (χ2n) is 6.06. The molecule has 150 valence electrons. The topological polar surface area (TPSA) is 138 Å². The number of morpholine rings is 1. The van der Waals surface area contributed by atoms with Crippen LogP contribution in [0.1, 0.15) is 11.1 Å². The number of benzene rings is 2. The molecule has 2 aromatic rings. The van der Waals surface area contributed by atoms with Gasteiger partial charge < -0.3 is 4.74 Å². The fraction of sp³-hybridized carbons (Fsp3) is 0.222. The number of hydrogen-bond acceptors (Lipinski definition) is 8. The molecular weight excluding hydrogens is 398 g/mol. The van der Waals surface area contributed by atoms with E-state index in [0.717, 1.165) is 6.07 Å². The largest absolute Gasteiger partial charge is 0.379 e. The van der Waals surface area contributed by atoms with Gasteiger partial charge in [0.2, 0.25) is 10.0 Å². The molecule has 0 radical (unpaired) electrons. The van der Waals surface area contributed by atoms with Gasteiger partial charge in [0.15, 0.2) is 0 Å². The summed E-state index contributed by atoms with van der Waals surface area (Å²) in [6.07, 6.45) is 1.45. The molecule has 1 heterocycles. The molecule has 0 spiro atoms. The molecule has 1 N–H and O–H groups in total. The lowest BCUT2D eigenvalue weighted by molar-refractivity contribution is -0.385. The number of ether oxygens (including phenoxy) is 1. The molecule has 2 aromatic carbocycles. The van der Waals surface area contributed by atoms with Crippen molar-refractivity contribution in [2.75, 3.05) is 31.7 Å². The highest BCUT2D eigenvalue weighted by Crippen LogP contribution is 2.29. The summed E-state index contributed by atoms with van der Waals surface area (Å²) in [7, 11) is -3.98. The summed E-state index contributed by atoms with van der Waals surface area (Å²) in [6.45, 7) is 0.847. The Morgan fingerprint density at radius 3 is 2.52 bits per heavy atom. The van der Waals surface area contributed by atoms with Gasteiger partial charge in [0, 0.05) is 25.2 Å². The zero-order valence-corrected chi connectivity index (χ0v) is 16.0. The lowest BCUT2D eigenvalue weighted by Gasteiger charge is -2.26. The summed E-state index contributed by atoms with van der Waals surface area (Å²) in [4.78, 5) is 10.2. The van der Waals surface area contributed by atoms with E-state index in [0.29, 0.717) is 11.1 Å². The van der Waals surface area contributed by atoms with E-state index in [1.165, 1.54) is 22.7 Å². The van der Waals surface area contributed by atoms with Gasteiger partial charge in [0.05, 0.1) is 41.7 Å². The Bertz CT molecular complexity index is 1070. The van der Waals surface area contributed by atoms with Crippen LogP contribution >= 0.6 is 0 Å². The van der Waals surface area contributed by atoms with E-state index in [1.54, 1.807) is 24.3 Å². The van der Waals surface area contributed by atoms with Crippen molar-refractivity contribution in [3.8, 4) is 6.07 Å². The van der Waals surface area contributed by atoms with Crippen molar-refractivity contribution in [2.24, 2.45) is 5.10 Å². The van der Waals surface area contributed by atoms with Crippen molar-refractivity contribution in [2.45, 2.75) is 4.90 Å². The first-order valence-electron chi connectivity index (χ1n) is 8.57. The Morgan fingerprint density at radius 2 is 1.90 bits per heavy atom. The molecule has 0 unspecified atom stereocenters. The minimum absolute atomic E-state index is 0.118. The summed E-state index contributed by atoms with van der Waals surface area (Å²) < 4.78 is 32.4. The number of nitrogens with zero attached hydrogens (tertiary/aromatic N) is 4. The van der Waals surface area contributed by atoms with Gasteiger partial charge in [-0.2, -0.15) is 14.7 Å². The van der Waals surface area contributed by atoms with Crippen LogP contribution in [0, 0.1) is 21.4 Å². The number of rotatable bonds is 6. The Labute approximate surface area is 167 Å². The highest BCUT2D eigenvalue weighted by atomic mass is 32.2. The second-order valence-corrected chi connectivity index (χ2v) is 7.96. The van der Waals surface area contributed by atoms with Gasteiger partial charge in [-0.05, 0) is 23.8 Å². The normalized spacial score (nSPS) is 15.1. The van der Waals surface area contributed by atoms with Crippen LogP contribution in [0.25, 0.3) is 0 Å². The van der Waals surface area contributed by atoms with E-state index in [-0.39, 0.29) is 42.6 Å². The maximum atomic E-state index is 13.0. The lowest BCUT2D eigenvalue weighted by Crippen LogP contribution is -2.40. The molecule has 3 rings (SSSR count). The van der Waals surface area contributed by atoms with Crippen LogP contribution in [0.15, 0.2) is 52.5 Å². The molecule has 1 fully saturated rings. The average Bonchev–Trinajstić information content (AvgIpc) is 2.75. The second kappa shape index (κ2) is 8.78. The number of non-ortho nitro benzene ring substituents is 1. The smallest absolute Gasteiger partial charge is 0.270 e. The number of nitriles is 1. The van der Waals surface area contributed by atoms with E-state index < -0.39 is 14.9 Å². The van der Waals surface area contributed by atoms with Crippen LogP contribution in [0.3, 0.4) is 0 Å². The Kier molecular flexibility index (Phi) is 6.18. The van der Waals surface area contributed by atoms with E-state index in [2.05, 4.69) is 10.5 Å². The third-order valence-electron chi connectivity index (χ3n) is 4.20. The van der Waals surface area contributed by atoms with Gasteiger partial charge in [-0.25, -0.2) is 8.42 Å². The highest BCUT2D eigenvalue weighted by molar-refractivity contribution is 7.89. The molecule has 0 aliphatic carbocycles. The summed E-state index contributed by atoms with van der Waals surface area (Å²) in [5.74, 6) is 0. The Balaban J connectivity index is 1.90. The van der Waals surface area contributed by atoms with Gasteiger partial charge in [0.25, 0.3) is 5.69 Å². The van der Waals surface area contributed by atoms with E-state index in [4.69, 9.17) is 10.00 Å². The quantitative estimate of drug-likeness (QED) is 0.432. The van der Waals surface area contributed by atoms with Crippen LogP contribution < -0.4 is 5.43 Å². The van der Waals surface area contributed by atoms with Crippen LogP contribution in [-0.2, 0) is 14.8 Å². The monoisotopic (exact) mass is 415 g/mol. The van der Waals surface area contributed by atoms with Crippen LogP contribution in [0.2, 0.25) is 0 Å². The van der Waals surface area contributed by atoms with E-state index >= 15 is 0 Å². The van der Waals surface area contributed by atoms with Crippen LogP contribution in [-0.4, -0.2) is 50.2 Å². The van der Waals surface area contributed by atoms with Crippen molar-refractivity contribution >= 4 is 27.6 Å². The third kappa shape index (κ3) is 4.75. The molecule has 1 aliphatic heterocycles. The van der Waals surface area contributed by atoms with Crippen molar-refractivity contribution in [3.05, 3.63) is 63.7 Å². The zero-order valence-electron chi connectivity index (χ0n) is 15.2. The van der Waals surface area contributed by atoms with Crippen molar-refractivity contribution in [1.29, 1.82) is 5.26 Å². The molecule has 11 heteroatoms. The first kappa shape index (κ1) is 20.4.